The van der Waals surface area contributed by atoms with Crippen LogP contribution in [0.2, 0.25) is 0 Å². The molecule has 1 unspecified atom stereocenters. The monoisotopic (exact) mass is 343 g/mol. The van der Waals surface area contributed by atoms with Crippen molar-refractivity contribution in [3.05, 3.63) is 0 Å². The number of aliphatic hydroxyl groups excluding tert-OH is 1. The number of aliphatic hydroxyl groups is 1. The fraction of sp³-hybridized carbons (Fsp3) is 0.947. The first kappa shape index (κ1) is 21.4. The first-order valence-electron chi connectivity index (χ1n) is 9.56. The average molecular weight is 344 g/mol. The van der Waals surface area contributed by atoms with Crippen LogP contribution in [0.15, 0.2) is 0 Å². The van der Waals surface area contributed by atoms with E-state index < -0.39 is 0 Å². The quantitative estimate of drug-likeness (QED) is 0.411. The van der Waals surface area contributed by atoms with Gasteiger partial charge in [-0.3, -0.25) is 4.79 Å². The van der Waals surface area contributed by atoms with Crippen LogP contribution in [0.25, 0.3) is 0 Å². The fourth-order valence-electron chi connectivity index (χ4n) is 3.31. The number of nitrogens with zero attached hydrogens (tertiary/aromatic N) is 1. The van der Waals surface area contributed by atoms with E-state index in [2.05, 4.69) is 23.7 Å². The lowest BCUT2D eigenvalue weighted by Crippen LogP contribution is -2.20. The van der Waals surface area contributed by atoms with Crippen molar-refractivity contribution < 1.29 is 19.4 Å². The molecule has 1 saturated heterocycles. The zero-order valence-corrected chi connectivity index (χ0v) is 15.8. The van der Waals surface area contributed by atoms with Crippen LogP contribution >= 0.6 is 0 Å². The van der Waals surface area contributed by atoms with Crippen LogP contribution in [-0.4, -0.2) is 62.0 Å². The van der Waals surface area contributed by atoms with Gasteiger partial charge in [-0.1, -0.05) is 32.1 Å². The molecule has 3 atom stereocenters. The third kappa shape index (κ3) is 10.3. The summed E-state index contributed by atoms with van der Waals surface area (Å²) in [7, 11) is 5.64. The molecule has 0 bridgehead atoms. The largest absolute Gasteiger partial charge is 0.469 e. The van der Waals surface area contributed by atoms with Crippen LogP contribution in [0.1, 0.15) is 70.6 Å². The summed E-state index contributed by atoms with van der Waals surface area (Å²) in [6.45, 7) is 1.18. The van der Waals surface area contributed by atoms with Crippen LogP contribution in [-0.2, 0) is 14.3 Å². The Morgan fingerprint density at radius 3 is 2.42 bits per heavy atom. The maximum Gasteiger partial charge on any atom is 0.308 e. The number of carbonyl (C=O) groups excluding carboxylic acids is 1. The van der Waals surface area contributed by atoms with Crippen LogP contribution in [0, 0.1) is 0 Å². The minimum absolute atomic E-state index is 0.0307. The highest BCUT2D eigenvalue weighted by Gasteiger charge is 2.28. The molecular weight excluding hydrogens is 306 g/mol. The van der Waals surface area contributed by atoms with Crippen molar-refractivity contribution in [1.29, 1.82) is 0 Å². The Hall–Kier alpha value is -0.650. The predicted octanol–water partition coefficient (Wildman–Crippen LogP) is 3.14. The zero-order valence-electron chi connectivity index (χ0n) is 15.8. The Balaban J connectivity index is 1.97. The molecule has 0 amide bonds. The molecule has 1 rings (SSSR count). The number of esters is 1. The van der Waals surface area contributed by atoms with Gasteiger partial charge in [0, 0.05) is 0 Å². The van der Waals surface area contributed by atoms with Crippen LogP contribution in [0.5, 0.6) is 0 Å². The number of hydrogen-bond donors (Lipinski definition) is 1. The predicted molar refractivity (Wildman–Crippen MR) is 96.0 cm³/mol. The normalized spacial score (nSPS) is 22.0. The molecule has 0 aliphatic carbocycles. The second kappa shape index (κ2) is 12.7. The molecule has 1 heterocycles. The lowest BCUT2D eigenvalue weighted by Gasteiger charge is -2.17. The summed E-state index contributed by atoms with van der Waals surface area (Å²) in [5, 5.41) is 10.1. The van der Waals surface area contributed by atoms with E-state index in [1.165, 1.54) is 45.8 Å². The van der Waals surface area contributed by atoms with Crippen LogP contribution < -0.4 is 0 Å². The minimum atomic E-state index is -0.277. The van der Waals surface area contributed by atoms with Gasteiger partial charge < -0.3 is 19.5 Å². The topological polar surface area (TPSA) is 59.0 Å². The Bertz CT molecular complexity index is 335. The summed E-state index contributed by atoms with van der Waals surface area (Å²) in [5.74, 6) is -0.216. The standard InChI is InChI=1S/C19H37NO4/c1-20(2)13-9-7-5-4-6-8-10-16(21)14-17-11-12-18(24-17)15-19(22)23-3/h16-18,21H,4-15H2,1-3H3/t16-,17-,18?/m1/s1. The molecule has 24 heavy (non-hydrogen) atoms. The van der Waals surface area contributed by atoms with E-state index in [0.29, 0.717) is 12.8 Å². The van der Waals surface area contributed by atoms with Gasteiger partial charge in [-0.05, 0) is 52.7 Å². The minimum Gasteiger partial charge on any atom is -0.469 e. The van der Waals surface area contributed by atoms with Crippen molar-refractivity contribution in [1.82, 2.24) is 4.90 Å². The average Bonchev–Trinajstić information content (AvgIpc) is 2.96. The Labute approximate surface area is 147 Å². The van der Waals surface area contributed by atoms with Gasteiger partial charge in [-0.2, -0.15) is 0 Å². The van der Waals surface area contributed by atoms with E-state index in [4.69, 9.17) is 4.74 Å². The third-order valence-electron chi connectivity index (χ3n) is 4.75. The number of carbonyl (C=O) groups is 1. The summed E-state index contributed by atoms with van der Waals surface area (Å²) in [6, 6.07) is 0. The molecule has 1 N–H and O–H groups in total. The summed E-state index contributed by atoms with van der Waals surface area (Å²) in [6.07, 6.45) is 10.9. The highest BCUT2D eigenvalue weighted by molar-refractivity contribution is 5.69. The lowest BCUT2D eigenvalue weighted by molar-refractivity contribution is -0.143. The number of unbranched alkanes of at least 4 members (excludes halogenated alkanes) is 5. The Kier molecular flexibility index (Phi) is 11.3. The van der Waals surface area contributed by atoms with E-state index in [1.54, 1.807) is 0 Å². The van der Waals surface area contributed by atoms with E-state index in [9.17, 15) is 9.90 Å². The Morgan fingerprint density at radius 1 is 1.12 bits per heavy atom. The maximum absolute atomic E-state index is 11.2. The summed E-state index contributed by atoms with van der Waals surface area (Å²) >= 11 is 0. The van der Waals surface area contributed by atoms with E-state index in [0.717, 1.165) is 25.7 Å². The molecule has 0 aromatic carbocycles. The number of hydrogen-bond acceptors (Lipinski definition) is 5. The van der Waals surface area contributed by atoms with Gasteiger partial charge in [0.2, 0.25) is 0 Å². The van der Waals surface area contributed by atoms with Gasteiger partial charge in [0.25, 0.3) is 0 Å². The first-order chi connectivity index (χ1) is 11.5. The van der Waals surface area contributed by atoms with Crippen LogP contribution in [0.3, 0.4) is 0 Å². The van der Waals surface area contributed by atoms with Crippen LogP contribution in [0.4, 0.5) is 0 Å². The van der Waals surface area contributed by atoms with Gasteiger partial charge in [-0.15, -0.1) is 0 Å². The highest BCUT2D eigenvalue weighted by Crippen LogP contribution is 2.26. The highest BCUT2D eigenvalue weighted by atomic mass is 16.5. The van der Waals surface area contributed by atoms with Gasteiger partial charge >= 0.3 is 5.97 Å². The molecule has 5 heteroatoms. The van der Waals surface area contributed by atoms with Crippen molar-refractivity contribution in [3.63, 3.8) is 0 Å². The van der Waals surface area contributed by atoms with E-state index in [-0.39, 0.29) is 24.3 Å². The second-order valence-corrected chi connectivity index (χ2v) is 7.34. The lowest BCUT2D eigenvalue weighted by atomic mass is 10.0. The summed E-state index contributed by atoms with van der Waals surface area (Å²) < 4.78 is 10.5. The van der Waals surface area contributed by atoms with Crippen molar-refractivity contribution in [3.8, 4) is 0 Å². The van der Waals surface area contributed by atoms with Gasteiger partial charge in [-0.25, -0.2) is 0 Å². The molecule has 5 nitrogen and oxygen atoms in total. The smallest absolute Gasteiger partial charge is 0.308 e. The van der Waals surface area contributed by atoms with E-state index >= 15 is 0 Å². The van der Waals surface area contributed by atoms with Gasteiger partial charge in [0.15, 0.2) is 0 Å². The number of methoxy groups -OCH3 is 1. The van der Waals surface area contributed by atoms with Crippen molar-refractivity contribution in [2.75, 3.05) is 27.7 Å². The number of rotatable bonds is 13. The molecule has 0 spiro atoms. The molecule has 142 valence electrons. The molecule has 0 aromatic rings. The van der Waals surface area contributed by atoms with Gasteiger partial charge in [0.05, 0.1) is 31.8 Å². The zero-order chi connectivity index (χ0) is 17.8. The second-order valence-electron chi connectivity index (χ2n) is 7.34. The third-order valence-corrected chi connectivity index (χ3v) is 4.75. The molecule has 1 aliphatic rings. The van der Waals surface area contributed by atoms with E-state index in [1.807, 2.05) is 0 Å². The Morgan fingerprint density at radius 2 is 1.75 bits per heavy atom. The molecule has 0 radical (unpaired) electrons. The fourth-order valence-corrected chi connectivity index (χ4v) is 3.31. The number of ether oxygens (including phenoxy) is 2. The van der Waals surface area contributed by atoms with Crippen molar-refractivity contribution >= 4 is 5.97 Å². The SMILES string of the molecule is COC(=O)CC1CC[C@H](C[C@H](O)CCCCCCCCN(C)C)O1. The molecule has 0 aromatic heterocycles. The van der Waals surface area contributed by atoms with Crippen molar-refractivity contribution in [2.45, 2.75) is 88.9 Å². The molecular formula is C19H37NO4. The first-order valence-corrected chi connectivity index (χ1v) is 9.56. The maximum atomic E-state index is 11.2. The van der Waals surface area contributed by atoms with Crippen molar-refractivity contribution in [2.24, 2.45) is 0 Å². The summed E-state index contributed by atoms with van der Waals surface area (Å²) in [4.78, 5) is 13.5. The summed E-state index contributed by atoms with van der Waals surface area (Å²) in [5.41, 5.74) is 0. The molecule has 1 aliphatic heterocycles. The van der Waals surface area contributed by atoms with Gasteiger partial charge in [0.1, 0.15) is 0 Å². The molecule has 1 fully saturated rings. The molecule has 0 saturated carbocycles.